The highest BCUT2D eigenvalue weighted by molar-refractivity contribution is 6.48. The lowest BCUT2D eigenvalue weighted by atomic mass is 9.85. The number of rotatable bonds is 5. The number of imide groups is 1. The highest BCUT2D eigenvalue weighted by atomic mass is 16.2. The quantitative estimate of drug-likeness (QED) is 0.396. The number of anilines is 1. The summed E-state index contributed by atoms with van der Waals surface area (Å²) in [5.41, 5.74) is 5.65. The van der Waals surface area contributed by atoms with E-state index in [-0.39, 0.29) is 17.1 Å². The van der Waals surface area contributed by atoms with Crippen LogP contribution >= 0.6 is 0 Å². The Morgan fingerprint density at radius 2 is 1.63 bits per heavy atom. The first kappa shape index (κ1) is 23.6. The summed E-state index contributed by atoms with van der Waals surface area (Å²) < 4.78 is 0. The van der Waals surface area contributed by atoms with Gasteiger partial charge in [0.1, 0.15) is 5.92 Å². The molecule has 1 N–H and O–H groups in total. The summed E-state index contributed by atoms with van der Waals surface area (Å²) in [6.45, 7) is 4.01. The number of nitrogens with zero attached hydrogens (tertiary/aromatic N) is 3. The van der Waals surface area contributed by atoms with Crippen LogP contribution < -0.4 is 4.90 Å². The Morgan fingerprint density at radius 3 is 2.34 bits per heavy atom. The molecule has 0 aliphatic carbocycles. The van der Waals surface area contributed by atoms with Gasteiger partial charge in [-0.1, -0.05) is 73.2 Å². The molecule has 1 unspecified atom stereocenters. The molecule has 0 spiro atoms. The van der Waals surface area contributed by atoms with Crippen molar-refractivity contribution in [1.29, 1.82) is 0 Å². The van der Waals surface area contributed by atoms with Crippen molar-refractivity contribution >= 4 is 45.6 Å². The van der Waals surface area contributed by atoms with Crippen molar-refractivity contribution in [3.63, 3.8) is 0 Å². The lowest BCUT2D eigenvalue weighted by Crippen LogP contribution is -2.35. The normalized spacial score (nSPS) is 17.8. The summed E-state index contributed by atoms with van der Waals surface area (Å²) in [4.78, 5) is 46.4. The van der Waals surface area contributed by atoms with Gasteiger partial charge in [-0.05, 0) is 36.6 Å². The summed E-state index contributed by atoms with van der Waals surface area (Å²) in [5.74, 6) is -2.32. The Hall–Kier alpha value is -4.78. The standard InChI is InChI=1S/C31H26N4O3/c1-4-19-11-8-12-22-23(17-32-27(19)22)24-25(31(38)35(30(24)37)21-15-13-18(2)14-16-21)26-28(33-34(3)29(26)36)20-9-6-5-7-10-20/h5-17,26,32H,4H2,1-3H3. The molecule has 3 heterocycles. The molecule has 2 aliphatic heterocycles. The second kappa shape index (κ2) is 8.95. The molecule has 1 aromatic heterocycles. The maximum Gasteiger partial charge on any atom is 0.266 e. The van der Waals surface area contributed by atoms with E-state index in [1.165, 1.54) is 9.91 Å². The average Bonchev–Trinajstić information content (AvgIpc) is 3.56. The fourth-order valence-electron chi connectivity index (χ4n) is 5.39. The number of carbonyl (C=O) groups is 3. The fourth-order valence-corrected chi connectivity index (χ4v) is 5.39. The lowest BCUT2D eigenvalue weighted by Gasteiger charge is -2.17. The topological polar surface area (TPSA) is 85.8 Å². The summed E-state index contributed by atoms with van der Waals surface area (Å²) in [7, 11) is 1.57. The van der Waals surface area contributed by atoms with Crippen LogP contribution in [0.3, 0.4) is 0 Å². The van der Waals surface area contributed by atoms with Crippen LogP contribution in [0.25, 0.3) is 16.5 Å². The summed E-state index contributed by atoms with van der Waals surface area (Å²) in [5, 5.41) is 6.61. The molecular weight excluding hydrogens is 476 g/mol. The summed E-state index contributed by atoms with van der Waals surface area (Å²) in [6.07, 6.45) is 2.58. The number of amides is 3. The zero-order valence-corrected chi connectivity index (χ0v) is 21.4. The third-order valence-corrected chi connectivity index (χ3v) is 7.32. The van der Waals surface area contributed by atoms with Gasteiger partial charge in [0.05, 0.1) is 22.5 Å². The van der Waals surface area contributed by atoms with Crippen molar-refractivity contribution in [2.75, 3.05) is 11.9 Å². The molecular formula is C31H26N4O3. The molecule has 7 nitrogen and oxygen atoms in total. The van der Waals surface area contributed by atoms with Crippen LogP contribution in [0.5, 0.6) is 0 Å². The molecule has 6 rings (SSSR count). The second-order valence-corrected chi connectivity index (χ2v) is 9.61. The minimum absolute atomic E-state index is 0.148. The number of carbonyl (C=O) groups excluding carboxylic acids is 3. The molecule has 2 aliphatic rings. The molecule has 3 amide bonds. The number of aryl methyl sites for hydroxylation is 2. The van der Waals surface area contributed by atoms with E-state index in [0.717, 1.165) is 34.0 Å². The van der Waals surface area contributed by atoms with Gasteiger partial charge in [-0.25, -0.2) is 9.91 Å². The van der Waals surface area contributed by atoms with Gasteiger partial charge in [-0.3, -0.25) is 14.4 Å². The predicted octanol–water partition coefficient (Wildman–Crippen LogP) is 4.86. The Morgan fingerprint density at radius 1 is 0.895 bits per heavy atom. The van der Waals surface area contributed by atoms with Crippen molar-refractivity contribution in [3.8, 4) is 0 Å². The molecule has 0 radical (unpaired) electrons. The average molecular weight is 503 g/mol. The van der Waals surface area contributed by atoms with Crippen LogP contribution in [0.15, 0.2) is 89.7 Å². The van der Waals surface area contributed by atoms with Crippen molar-refractivity contribution in [2.24, 2.45) is 11.0 Å². The minimum Gasteiger partial charge on any atom is -0.360 e. The van der Waals surface area contributed by atoms with E-state index in [4.69, 9.17) is 0 Å². The maximum absolute atomic E-state index is 14.2. The van der Waals surface area contributed by atoms with Crippen LogP contribution in [-0.2, 0) is 20.8 Å². The molecule has 7 heteroatoms. The van der Waals surface area contributed by atoms with E-state index in [9.17, 15) is 14.4 Å². The Labute approximate surface area is 220 Å². The minimum atomic E-state index is -1.01. The molecule has 0 saturated carbocycles. The fraction of sp³-hybridized carbons (Fsp3) is 0.161. The van der Waals surface area contributed by atoms with Gasteiger partial charge >= 0.3 is 0 Å². The van der Waals surface area contributed by atoms with Crippen molar-refractivity contribution < 1.29 is 14.4 Å². The first-order chi connectivity index (χ1) is 18.4. The Kier molecular flexibility index (Phi) is 5.56. The van der Waals surface area contributed by atoms with Crippen LogP contribution in [0.4, 0.5) is 5.69 Å². The number of hydrogen-bond donors (Lipinski definition) is 1. The van der Waals surface area contributed by atoms with Gasteiger partial charge in [-0.2, -0.15) is 5.10 Å². The smallest absolute Gasteiger partial charge is 0.266 e. The molecule has 0 bridgehead atoms. The van der Waals surface area contributed by atoms with Crippen molar-refractivity contribution in [3.05, 3.63) is 107 Å². The van der Waals surface area contributed by atoms with Crippen LogP contribution in [0.2, 0.25) is 0 Å². The number of benzene rings is 3. The van der Waals surface area contributed by atoms with Gasteiger partial charge in [0, 0.05) is 29.7 Å². The zero-order chi connectivity index (χ0) is 26.6. The number of hydrogen-bond acceptors (Lipinski definition) is 4. The number of para-hydroxylation sites is 1. The SMILES string of the molecule is CCc1cccc2c(C3=C(C4C(=O)N(C)N=C4c4ccccc4)C(=O)N(c4ccc(C)cc4)C3=O)c[nH]c12. The monoisotopic (exact) mass is 502 g/mol. The van der Waals surface area contributed by atoms with E-state index < -0.39 is 17.7 Å². The van der Waals surface area contributed by atoms with Gasteiger partial charge in [0.2, 0.25) is 0 Å². The molecule has 188 valence electrons. The maximum atomic E-state index is 14.2. The van der Waals surface area contributed by atoms with Crippen molar-refractivity contribution in [1.82, 2.24) is 9.99 Å². The van der Waals surface area contributed by atoms with E-state index in [1.807, 2.05) is 67.6 Å². The predicted molar refractivity (Wildman–Crippen MR) is 148 cm³/mol. The van der Waals surface area contributed by atoms with E-state index in [2.05, 4.69) is 17.0 Å². The number of fused-ring (bicyclic) bond motifs is 1. The summed E-state index contributed by atoms with van der Waals surface area (Å²) >= 11 is 0. The number of hydrazone groups is 1. The Balaban J connectivity index is 1.61. The van der Waals surface area contributed by atoms with Gasteiger partial charge < -0.3 is 4.98 Å². The van der Waals surface area contributed by atoms with E-state index in [0.29, 0.717) is 17.0 Å². The third-order valence-electron chi connectivity index (χ3n) is 7.32. The highest BCUT2D eigenvalue weighted by Gasteiger charge is 2.50. The first-order valence-electron chi connectivity index (χ1n) is 12.6. The highest BCUT2D eigenvalue weighted by Crippen LogP contribution is 2.42. The molecule has 1 atom stereocenters. The largest absolute Gasteiger partial charge is 0.360 e. The van der Waals surface area contributed by atoms with Crippen molar-refractivity contribution in [2.45, 2.75) is 20.3 Å². The third kappa shape index (κ3) is 3.50. The molecule has 0 saturated heterocycles. The van der Waals surface area contributed by atoms with Crippen LogP contribution in [0.1, 0.15) is 29.2 Å². The molecule has 3 aromatic carbocycles. The number of aromatic amines is 1. The van der Waals surface area contributed by atoms with Gasteiger partial charge in [0.15, 0.2) is 0 Å². The number of H-pyrrole nitrogens is 1. The molecule has 0 fully saturated rings. The van der Waals surface area contributed by atoms with E-state index in [1.54, 1.807) is 25.4 Å². The number of nitrogens with one attached hydrogen (secondary N) is 1. The van der Waals surface area contributed by atoms with Crippen LogP contribution in [0, 0.1) is 12.8 Å². The first-order valence-corrected chi connectivity index (χ1v) is 12.6. The van der Waals surface area contributed by atoms with Crippen LogP contribution in [-0.4, -0.2) is 40.5 Å². The lowest BCUT2D eigenvalue weighted by molar-refractivity contribution is -0.130. The van der Waals surface area contributed by atoms with E-state index >= 15 is 0 Å². The van der Waals surface area contributed by atoms with Gasteiger partial charge in [0.25, 0.3) is 17.7 Å². The zero-order valence-electron chi connectivity index (χ0n) is 21.4. The Bertz CT molecular complexity index is 1680. The second-order valence-electron chi connectivity index (χ2n) is 9.61. The summed E-state index contributed by atoms with van der Waals surface area (Å²) in [6, 6.07) is 22.5. The molecule has 4 aromatic rings. The van der Waals surface area contributed by atoms with Gasteiger partial charge in [-0.15, -0.1) is 0 Å². The molecule has 38 heavy (non-hydrogen) atoms. The number of aromatic nitrogens is 1.